The molecule has 0 bridgehead atoms. The zero-order valence-electron chi connectivity index (χ0n) is 17.4. The molecule has 7 nitrogen and oxygen atoms in total. The van der Waals surface area contributed by atoms with Crippen LogP contribution in [0.15, 0.2) is 53.5 Å². The lowest BCUT2D eigenvalue weighted by molar-refractivity contribution is -0.132. The number of urea groups is 1. The number of pyridine rings is 1. The van der Waals surface area contributed by atoms with Crippen molar-refractivity contribution in [1.82, 2.24) is 19.6 Å². The molecule has 8 heteroatoms. The number of nitrogens with zero attached hydrogens (tertiary/aromatic N) is 3. The van der Waals surface area contributed by atoms with Gasteiger partial charge in [-0.3, -0.25) is 18.9 Å². The van der Waals surface area contributed by atoms with Gasteiger partial charge in [-0.2, -0.15) is 0 Å². The normalized spacial score (nSPS) is 18.6. The molecule has 31 heavy (non-hydrogen) atoms. The highest BCUT2D eigenvalue weighted by atomic mass is 19.1. The summed E-state index contributed by atoms with van der Waals surface area (Å²) in [7, 11) is 0. The topological polar surface area (TPSA) is 83.8 Å². The van der Waals surface area contributed by atoms with Gasteiger partial charge in [0.05, 0.1) is 12.2 Å². The molecule has 1 N–H and O–H groups in total. The number of aromatic nitrogens is 2. The van der Waals surface area contributed by atoms with Gasteiger partial charge < -0.3 is 5.32 Å². The number of halogens is 1. The summed E-state index contributed by atoms with van der Waals surface area (Å²) in [6.45, 7) is 3.74. The largest absolute Gasteiger partial charge is 0.325 e. The van der Waals surface area contributed by atoms with Crippen molar-refractivity contribution in [3.8, 4) is 0 Å². The van der Waals surface area contributed by atoms with Gasteiger partial charge in [0.15, 0.2) is 0 Å². The fourth-order valence-corrected chi connectivity index (χ4v) is 3.96. The zero-order valence-corrected chi connectivity index (χ0v) is 17.4. The lowest BCUT2D eigenvalue weighted by atomic mass is 9.84. The number of rotatable bonds is 6. The van der Waals surface area contributed by atoms with Gasteiger partial charge in [0, 0.05) is 12.3 Å². The van der Waals surface area contributed by atoms with Gasteiger partial charge in [0.25, 0.3) is 11.5 Å². The van der Waals surface area contributed by atoms with Crippen LogP contribution in [0.2, 0.25) is 0 Å². The molecule has 1 aliphatic heterocycles. The molecule has 0 saturated carbocycles. The smallest absolute Gasteiger partial charge is 0.319 e. The third-order valence-electron chi connectivity index (χ3n) is 5.60. The summed E-state index contributed by atoms with van der Waals surface area (Å²) in [6, 6.07) is 9.93. The van der Waals surface area contributed by atoms with Crippen LogP contribution in [0.1, 0.15) is 43.0 Å². The van der Waals surface area contributed by atoms with Crippen LogP contribution in [-0.2, 0) is 16.9 Å². The SMILES string of the molecule is CCCCC1(c2ccc(F)cc2)NC(=O)N(Cc2cc(=O)n3cc(C)ccc3n2)C1=O. The highest BCUT2D eigenvalue weighted by molar-refractivity contribution is 6.07. The highest BCUT2D eigenvalue weighted by Gasteiger charge is 2.51. The zero-order chi connectivity index (χ0) is 22.2. The van der Waals surface area contributed by atoms with E-state index in [1.54, 1.807) is 12.3 Å². The molecular formula is C23H23FN4O3. The van der Waals surface area contributed by atoms with E-state index >= 15 is 0 Å². The Balaban J connectivity index is 1.70. The number of carbonyl (C=O) groups is 2. The maximum absolute atomic E-state index is 13.5. The quantitative estimate of drug-likeness (QED) is 0.618. The molecule has 1 atom stereocenters. The lowest BCUT2D eigenvalue weighted by Crippen LogP contribution is -2.44. The van der Waals surface area contributed by atoms with Crippen LogP contribution in [0.3, 0.4) is 0 Å². The summed E-state index contributed by atoms with van der Waals surface area (Å²) in [5, 5.41) is 2.82. The van der Waals surface area contributed by atoms with Crippen molar-refractivity contribution in [2.45, 2.75) is 45.2 Å². The second kappa shape index (κ2) is 7.94. The Morgan fingerprint density at radius 3 is 2.55 bits per heavy atom. The summed E-state index contributed by atoms with van der Waals surface area (Å²) in [6.07, 6.45) is 3.61. The van der Waals surface area contributed by atoms with Gasteiger partial charge in [-0.1, -0.05) is 38.0 Å². The predicted octanol–water partition coefficient (Wildman–Crippen LogP) is 3.28. The van der Waals surface area contributed by atoms with Crippen LogP contribution < -0.4 is 10.9 Å². The first-order valence-electron chi connectivity index (χ1n) is 10.2. The maximum atomic E-state index is 13.5. The molecule has 0 spiro atoms. The summed E-state index contributed by atoms with van der Waals surface area (Å²) in [4.78, 5) is 44.3. The van der Waals surface area contributed by atoms with Crippen molar-refractivity contribution < 1.29 is 14.0 Å². The van der Waals surface area contributed by atoms with Crippen LogP contribution >= 0.6 is 0 Å². The number of unbranched alkanes of at least 4 members (excludes halogenated alkanes) is 1. The molecule has 0 aliphatic carbocycles. The molecule has 3 amide bonds. The minimum atomic E-state index is -1.26. The molecule has 1 aliphatic rings. The monoisotopic (exact) mass is 422 g/mol. The lowest BCUT2D eigenvalue weighted by Gasteiger charge is -2.27. The number of carbonyl (C=O) groups excluding carboxylic acids is 2. The molecule has 160 valence electrons. The summed E-state index contributed by atoms with van der Waals surface area (Å²) in [5.41, 5.74) is 0.665. The van der Waals surface area contributed by atoms with E-state index in [4.69, 9.17) is 0 Å². The Bertz CT molecular complexity index is 1220. The second-order valence-electron chi connectivity index (χ2n) is 7.86. The molecule has 1 unspecified atom stereocenters. The predicted molar refractivity (Wildman–Crippen MR) is 113 cm³/mol. The van der Waals surface area contributed by atoms with Crippen molar-refractivity contribution in [2.75, 3.05) is 0 Å². The Morgan fingerprint density at radius 1 is 1.10 bits per heavy atom. The van der Waals surface area contributed by atoms with E-state index in [0.717, 1.165) is 16.9 Å². The van der Waals surface area contributed by atoms with Crippen molar-refractivity contribution in [3.63, 3.8) is 0 Å². The molecule has 1 aromatic carbocycles. The average Bonchev–Trinajstić information content (AvgIpc) is 2.98. The molecule has 3 aromatic rings. The number of aryl methyl sites for hydroxylation is 1. The molecule has 1 fully saturated rings. The Hall–Kier alpha value is -3.55. The molecule has 1 saturated heterocycles. The van der Waals surface area contributed by atoms with Gasteiger partial charge >= 0.3 is 6.03 Å². The fourth-order valence-electron chi connectivity index (χ4n) is 3.96. The standard InChI is InChI=1S/C23H23FN4O3/c1-3-4-11-23(16-6-8-17(24)9-7-16)21(30)28(22(31)26-23)14-18-12-20(29)27-13-15(2)5-10-19(27)25-18/h5-10,12-13H,3-4,11,14H2,1-2H3,(H,26,31). The average molecular weight is 422 g/mol. The van der Waals surface area contributed by atoms with E-state index in [0.29, 0.717) is 29.7 Å². The van der Waals surface area contributed by atoms with Crippen LogP contribution in [0.4, 0.5) is 9.18 Å². The van der Waals surface area contributed by atoms with Crippen molar-refractivity contribution in [2.24, 2.45) is 0 Å². The number of benzene rings is 1. The maximum Gasteiger partial charge on any atom is 0.325 e. The van der Waals surface area contributed by atoms with Crippen molar-refractivity contribution >= 4 is 17.6 Å². The molecule has 4 rings (SSSR count). The minimum absolute atomic E-state index is 0.126. The molecule has 2 aromatic heterocycles. The van der Waals surface area contributed by atoms with E-state index in [1.807, 2.05) is 19.9 Å². The van der Waals surface area contributed by atoms with Gasteiger partial charge in [0.2, 0.25) is 0 Å². The first kappa shape index (κ1) is 20.7. The Morgan fingerprint density at radius 2 is 1.84 bits per heavy atom. The summed E-state index contributed by atoms with van der Waals surface area (Å²) >= 11 is 0. The minimum Gasteiger partial charge on any atom is -0.319 e. The number of hydrogen-bond donors (Lipinski definition) is 1. The third-order valence-corrected chi connectivity index (χ3v) is 5.60. The Labute approximate surface area is 178 Å². The van der Waals surface area contributed by atoms with E-state index < -0.39 is 23.3 Å². The van der Waals surface area contributed by atoms with E-state index in [9.17, 15) is 18.8 Å². The van der Waals surface area contributed by atoms with Gasteiger partial charge in [-0.15, -0.1) is 0 Å². The van der Waals surface area contributed by atoms with Crippen molar-refractivity contribution in [1.29, 1.82) is 0 Å². The summed E-state index contributed by atoms with van der Waals surface area (Å²) < 4.78 is 14.9. The third kappa shape index (κ3) is 3.69. The number of hydrogen-bond acceptors (Lipinski definition) is 4. The fraction of sp³-hybridized carbons (Fsp3) is 0.304. The van der Waals surface area contributed by atoms with E-state index in [-0.39, 0.29) is 12.1 Å². The van der Waals surface area contributed by atoms with Gasteiger partial charge in [-0.25, -0.2) is 14.2 Å². The van der Waals surface area contributed by atoms with Crippen LogP contribution in [0.5, 0.6) is 0 Å². The van der Waals surface area contributed by atoms with E-state index in [1.165, 1.54) is 34.7 Å². The Kier molecular flexibility index (Phi) is 5.31. The van der Waals surface area contributed by atoms with Gasteiger partial charge in [-0.05, 0) is 42.7 Å². The van der Waals surface area contributed by atoms with Crippen LogP contribution in [0.25, 0.3) is 5.65 Å². The first-order valence-corrected chi connectivity index (χ1v) is 10.2. The number of nitrogens with one attached hydrogen (secondary N) is 1. The highest BCUT2D eigenvalue weighted by Crippen LogP contribution is 2.35. The van der Waals surface area contributed by atoms with Gasteiger partial charge in [0.1, 0.15) is 17.0 Å². The first-order chi connectivity index (χ1) is 14.8. The molecule has 3 heterocycles. The number of fused-ring (bicyclic) bond motifs is 1. The molecule has 0 radical (unpaired) electrons. The second-order valence-corrected chi connectivity index (χ2v) is 7.86. The molecular weight excluding hydrogens is 399 g/mol. The number of amides is 3. The van der Waals surface area contributed by atoms with Crippen molar-refractivity contribution in [3.05, 3.63) is 81.7 Å². The van der Waals surface area contributed by atoms with Crippen LogP contribution in [0, 0.1) is 12.7 Å². The van der Waals surface area contributed by atoms with Crippen LogP contribution in [-0.4, -0.2) is 26.2 Å². The van der Waals surface area contributed by atoms with E-state index in [2.05, 4.69) is 10.3 Å². The number of imide groups is 1. The summed E-state index contributed by atoms with van der Waals surface area (Å²) in [5.74, 6) is -0.845.